The first-order valence-electron chi connectivity index (χ1n) is 6.57. The lowest BCUT2D eigenvalue weighted by Gasteiger charge is -2.39. The van der Waals surface area contributed by atoms with Crippen molar-refractivity contribution in [1.29, 1.82) is 0 Å². The van der Waals surface area contributed by atoms with E-state index in [9.17, 15) is 9.90 Å². The molecular weight excluding hydrogens is 204 g/mol. The molecule has 1 saturated heterocycles. The van der Waals surface area contributed by atoms with Gasteiger partial charge in [-0.2, -0.15) is 0 Å². The van der Waals surface area contributed by atoms with Gasteiger partial charge in [0.15, 0.2) is 0 Å². The largest absolute Gasteiger partial charge is 0.481 e. The Morgan fingerprint density at radius 3 is 2.31 bits per heavy atom. The molecule has 0 aromatic rings. The number of carboxylic acids is 1. The molecule has 3 heteroatoms. The highest BCUT2D eigenvalue weighted by Gasteiger charge is 2.46. The van der Waals surface area contributed by atoms with E-state index in [2.05, 4.69) is 0 Å². The molecule has 1 unspecified atom stereocenters. The van der Waals surface area contributed by atoms with Gasteiger partial charge in [-0.1, -0.05) is 25.7 Å². The maximum absolute atomic E-state index is 11.6. The summed E-state index contributed by atoms with van der Waals surface area (Å²) in [5.74, 6) is -0.285. The summed E-state index contributed by atoms with van der Waals surface area (Å²) in [7, 11) is 0. The van der Waals surface area contributed by atoms with E-state index < -0.39 is 11.4 Å². The van der Waals surface area contributed by atoms with Gasteiger partial charge in [-0.15, -0.1) is 0 Å². The minimum atomic E-state index is -0.626. The Morgan fingerprint density at radius 2 is 1.81 bits per heavy atom. The van der Waals surface area contributed by atoms with Crippen molar-refractivity contribution in [1.82, 2.24) is 0 Å². The average molecular weight is 226 g/mol. The second kappa shape index (κ2) is 5.17. The standard InChI is InChI=1S/C13H22O3/c14-12(15)13(8-5-9-16-10-13)11-6-3-1-2-4-7-11/h11H,1-10H2,(H,14,15). The van der Waals surface area contributed by atoms with Crippen molar-refractivity contribution in [2.45, 2.75) is 51.4 Å². The Morgan fingerprint density at radius 1 is 1.12 bits per heavy atom. The van der Waals surface area contributed by atoms with E-state index in [0.29, 0.717) is 12.5 Å². The van der Waals surface area contributed by atoms with Crippen molar-refractivity contribution in [2.75, 3.05) is 13.2 Å². The Bertz CT molecular complexity index is 236. The van der Waals surface area contributed by atoms with Crippen molar-refractivity contribution in [3.63, 3.8) is 0 Å². The molecule has 0 aromatic carbocycles. The van der Waals surface area contributed by atoms with Crippen LogP contribution < -0.4 is 0 Å². The van der Waals surface area contributed by atoms with Gasteiger partial charge >= 0.3 is 5.97 Å². The van der Waals surface area contributed by atoms with E-state index in [4.69, 9.17) is 4.74 Å². The molecule has 0 radical (unpaired) electrons. The SMILES string of the molecule is O=C(O)C1(C2CCCCCC2)CCCOC1. The zero-order valence-corrected chi connectivity index (χ0v) is 9.91. The third-order valence-electron chi connectivity index (χ3n) is 4.33. The fraction of sp³-hybridized carbons (Fsp3) is 0.923. The Kier molecular flexibility index (Phi) is 3.85. The van der Waals surface area contributed by atoms with Crippen LogP contribution >= 0.6 is 0 Å². The highest BCUT2D eigenvalue weighted by atomic mass is 16.5. The average Bonchev–Trinajstić information content (AvgIpc) is 2.58. The van der Waals surface area contributed by atoms with Crippen LogP contribution in [0.5, 0.6) is 0 Å². The van der Waals surface area contributed by atoms with Crippen LogP contribution in [0.2, 0.25) is 0 Å². The van der Waals surface area contributed by atoms with Crippen molar-refractivity contribution < 1.29 is 14.6 Å². The lowest BCUT2D eigenvalue weighted by Crippen LogP contribution is -2.45. The zero-order valence-electron chi connectivity index (χ0n) is 9.91. The van der Waals surface area contributed by atoms with Crippen LogP contribution in [0.4, 0.5) is 0 Å². The fourth-order valence-corrected chi connectivity index (χ4v) is 3.31. The van der Waals surface area contributed by atoms with Crippen molar-refractivity contribution >= 4 is 5.97 Å². The van der Waals surface area contributed by atoms with E-state index in [1.807, 2.05) is 0 Å². The predicted octanol–water partition coefficient (Wildman–Crippen LogP) is 2.84. The van der Waals surface area contributed by atoms with Gasteiger partial charge in [-0.25, -0.2) is 0 Å². The van der Waals surface area contributed by atoms with Gasteiger partial charge in [0.2, 0.25) is 0 Å². The Hall–Kier alpha value is -0.570. The van der Waals surface area contributed by atoms with Gasteiger partial charge in [0.1, 0.15) is 0 Å². The first-order chi connectivity index (χ1) is 7.76. The fourth-order valence-electron chi connectivity index (χ4n) is 3.31. The summed E-state index contributed by atoms with van der Waals surface area (Å²) < 4.78 is 5.46. The zero-order chi connectivity index (χ0) is 11.4. The molecule has 2 aliphatic rings. The van der Waals surface area contributed by atoms with Crippen LogP contribution in [0.25, 0.3) is 0 Å². The topological polar surface area (TPSA) is 46.5 Å². The van der Waals surface area contributed by atoms with E-state index in [1.165, 1.54) is 25.7 Å². The molecule has 0 bridgehead atoms. The Balaban J connectivity index is 2.12. The number of hydrogen-bond acceptors (Lipinski definition) is 2. The van der Waals surface area contributed by atoms with Gasteiger partial charge in [0, 0.05) is 6.61 Å². The molecule has 92 valence electrons. The van der Waals surface area contributed by atoms with E-state index >= 15 is 0 Å². The van der Waals surface area contributed by atoms with Gasteiger partial charge in [0.25, 0.3) is 0 Å². The molecule has 1 N–H and O–H groups in total. The van der Waals surface area contributed by atoms with E-state index in [0.717, 1.165) is 32.3 Å². The van der Waals surface area contributed by atoms with Crippen molar-refractivity contribution in [2.24, 2.45) is 11.3 Å². The molecule has 1 atom stereocenters. The number of carbonyl (C=O) groups is 1. The molecule has 1 aliphatic heterocycles. The van der Waals surface area contributed by atoms with E-state index in [-0.39, 0.29) is 0 Å². The summed E-state index contributed by atoms with van der Waals surface area (Å²) in [5.41, 5.74) is -0.567. The summed E-state index contributed by atoms with van der Waals surface area (Å²) >= 11 is 0. The maximum atomic E-state index is 11.6. The van der Waals surface area contributed by atoms with Crippen LogP contribution in [0.1, 0.15) is 51.4 Å². The van der Waals surface area contributed by atoms with Crippen LogP contribution in [-0.4, -0.2) is 24.3 Å². The molecule has 2 fully saturated rings. The summed E-state index contributed by atoms with van der Waals surface area (Å²) in [4.78, 5) is 11.6. The molecule has 3 nitrogen and oxygen atoms in total. The van der Waals surface area contributed by atoms with Crippen LogP contribution in [0, 0.1) is 11.3 Å². The lowest BCUT2D eigenvalue weighted by atomic mass is 9.68. The third kappa shape index (κ3) is 2.24. The quantitative estimate of drug-likeness (QED) is 0.736. The maximum Gasteiger partial charge on any atom is 0.312 e. The summed E-state index contributed by atoms with van der Waals surface area (Å²) in [6, 6.07) is 0. The first-order valence-corrected chi connectivity index (χ1v) is 6.57. The van der Waals surface area contributed by atoms with Crippen molar-refractivity contribution in [3.05, 3.63) is 0 Å². The smallest absolute Gasteiger partial charge is 0.312 e. The molecule has 0 aromatic heterocycles. The Labute approximate surface area is 97.2 Å². The van der Waals surface area contributed by atoms with Crippen LogP contribution in [0.3, 0.4) is 0 Å². The van der Waals surface area contributed by atoms with E-state index in [1.54, 1.807) is 0 Å². The third-order valence-corrected chi connectivity index (χ3v) is 4.33. The minimum Gasteiger partial charge on any atom is -0.481 e. The van der Waals surface area contributed by atoms with Gasteiger partial charge in [-0.3, -0.25) is 4.79 Å². The highest BCUT2D eigenvalue weighted by molar-refractivity contribution is 5.75. The molecule has 0 spiro atoms. The number of rotatable bonds is 2. The monoisotopic (exact) mass is 226 g/mol. The van der Waals surface area contributed by atoms with Crippen LogP contribution in [-0.2, 0) is 9.53 Å². The van der Waals surface area contributed by atoms with Gasteiger partial charge in [-0.05, 0) is 31.6 Å². The first kappa shape index (κ1) is 11.9. The molecule has 1 heterocycles. The number of aliphatic carboxylic acids is 1. The molecule has 2 rings (SSSR count). The summed E-state index contributed by atoms with van der Waals surface area (Å²) in [6.07, 6.45) is 8.81. The van der Waals surface area contributed by atoms with Crippen molar-refractivity contribution in [3.8, 4) is 0 Å². The van der Waals surface area contributed by atoms with Crippen LogP contribution in [0.15, 0.2) is 0 Å². The molecular formula is C13H22O3. The molecule has 1 aliphatic carbocycles. The predicted molar refractivity (Wildman–Crippen MR) is 61.3 cm³/mol. The minimum absolute atomic E-state index is 0.341. The lowest BCUT2D eigenvalue weighted by molar-refractivity contribution is -0.164. The highest BCUT2D eigenvalue weighted by Crippen LogP contribution is 2.43. The molecule has 16 heavy (non-hydrogen) atoms. The molecule has 1 saturated carbocycles. The van der Waals surface area contributed by atoms with Gasteiger partial charge < -0.3 is 9.84 Å². The summed E-state index contributed by atoms with van der Waals surface area (Å²) in [5, 5.41) is 9.55. The number of ether oxygens (including phenoxy) is 1. The van der Waals surface area contributed by atoms with Gasteiger partial charge in [0.05, 0.1) is 12.0 Å². The molecule has 0 amide bonds. The number of hydrogen-bond donors (Lipinski definition) is 1. The second-order valence-electron chi connectivity index (χ2n) is 5.31. The number of carboxylic acid groups (broad SMARTS) is 1. The summed E-state index contributed by atoms with van der Waals surface area (Å²) in [6.45, 7) is 1.18. The second-order valence-corrected chi connectivity index (χ2v) is 5.31. The normalized spacial score (nSPS) is 33.2.